The Morgan fingerprint density at radius 3 is 2.64 bits per heavy atom. The second kappa shape index (κ2) is 7.40. The molecule has 0 N–H and O–H groups in total. The lowest BCUT2D eigenvalue weighted by Crippen LogP contribution is -2.55. The van der Waals surface area contributed by atoms with Crippen molar-refractivity contribution in [2.75, 3.05) is 46.0 Å². The van der Waals surface area contributed by atoms with Crippen molar-refractivity contribution >= 4 is 5.91 Å². The summed E-state index contributed by atoms with van der Waals surface area (Å²) in [7, 11) is 0. The maximum Gasteiger partial charge on any atom is 0.272 e. The summed E-state index contributed by atoms with van der Waals surface area (Å²) in [4.78, 5) is 21.3. The molecule has 3 aliphatic heterocycles. The smallest absolute Gasteiger partial charge is 0.272 e. The topological polar surface area (TPSA) is 54.9 Å². The minimum Gasteiger partial charge on any atom is -0.379 e. The summed E-state index contributed by atoms with van der Waals surface area (Å²) in [6.07, 6.45) is 5.71. The first-order valence-corrected chi connectivity index (χ1v) is 9.42. The van der Waals surface area contributed by atoms with Crippen molar-refractivity contribution in [2.45, 2.75) is 37.3 Å². The van der Waals surface area contributed by atoms with Crippen LogP contribution in [0, 0.1) is 0 Å². The quantitative estimate of drug-likeness (QED) is 0.814. The lowest BCUT2D eigenvalue weighted by atomic mass is 9.81. The van der Waals surface area contributed by atoms with Crippen molar-refractivity contribution in [3.05, 3.63) is 30.1 Å². The molecule has 1 spiro atoms. The summed E-state index contributed by atoms with van der Waals surface area (Å²) in [5, 5.41) is 0. The molecule has 3 aliphatic rings. The summed E-state index contributed by atoms with van der Waals surface area (Å²) < 4.78 is 11.7. The van der Waals surface area contributed by atoms with E-state index in [0.717, 1.165) is 71.7 Å². The van der Waals surface area contributed by atoms with Gasteiger partial charge >= 0.3 is 0 Å². The first kappa shape index (κ1) is 16.9. The number of pyridine rings is 1. The zero-order chi connectivity index (χ0) is 17.1. The van der Waals surface area contributed by atoms with Gasteiger partial charge in [-0.1, -0.05) is 6.07 Å². The maximum atomic E-state index is 12.6. The van der Waals surface area contributed by atoms with Crippen LogP contribution in [0.1, 0.15) is 36.2 Å². The summed E-state index contributed by atoms with van der Waals surface area (Å²) >= 11 is 0. The fraction of sp³-hybridized carbons (Fsp3) is 0.684. The Kier molecular flexibility index (Phi) is 5.01. The molecule has 1 aromatic heterocycles. The monoisotopic (exact) mass is 345 g/mol. The Labute approximate surface area is 149 Å². The van der Waals surface area contributed by atoms with Gasteiger partial charge in [-0.2, -0.15) is 0 Å². The molecule has 4 rings (SSSR count). The second-order valence-corrected chi connectivity index (χ2v) is 7.33. The number of hydrogen-bond donors (Lipinski definition) is 0. The van der Waals surface area contributed by atoms with Crippen LogP contribution in [-0.2, 0) is 9.47 Å². The van der Waals surface area contributed by atoms with Crippen molar-refractivity contribution in [3.63, 3.8) is 0 Å². The van der Waals surface area contributed by atoms with Crippen LogP contribution >= 0.6 is 0 Å². The van der Waals surface area contributed by atoms with E-state index in [4.69, 9.17) is 9.47 Å². The third-order valence-electron chi connectivity index (χ3n) is 5.87. The summed E-state index contributed by atoms with van der Waals surface area (Å²) in [5.74, 6) is 0.0380. The van der Waals surface area contributed by atoms with Crippen molar-refractivity contribution in [1.82, 2.24) is 14.8 Å². The lowest BCUT2D eigenvalue weighted by molar-refractivity contribution is -0.136. The molecule has 1 aromatic rings. The van der Waals surface area contributed by atoms with Crippen LogP contribution in [0.2, 0.25) is 0 Å². The molecule has 1 atom stereocenters. The second-order valence-electron chi connectivity index (χ2n) is 7.33. The fourth-order valence-electron chi connectivity index (χ4n) is 4.37. The number of carbonyl (C=O) groups is 1. The van der Waals surface area contributed by atoms with E-state index >= 15 is 0 Å². The van der Waals surface area contributed by atoms with Crippen LogP contribution in [0.25, 0.3) is 0 Å². The van der Waals surface area contributed by atoms with Crippen LogP contribution in [0.15, 0.2) is 24.4 Å². The zero-order valence-electron chi connectivity index (χ0n) is 14.7. The molecule has 0 saturated carbocycles. The Bertz CT molecular complexity index is 581. The van der Waals surface area contributed by atoms with E-state index in [1.807, 2.05) is 17.0 Å². The summed E-state index contributed by atoms with van der Waals surface area (Å²) in [6, 6.07) is 6.08. The Morgan fingerprint density at radius 2 is 1.92 bits per heavy atom. The van der Waals surface area contributed by atoms with Crippen LogP contribution < -0.4 is 0 Å². The number of ether oxygens (including phenoxy) is 2. The standard InChI is InChI=1S/C19H27N3O3/c23-18(17-3-1-2-7-20-17)22-8-5-19(6-9-22)15-16(4-12-25-19)21-10-13-24-14-11-21/h1-3,7,16H,4-6,8-15H2. The van der Waals surface area contributed by atoms with Gasteiger partial charge in [0.25, 0.3) is 5.91 Å². The van der Waals surface area contributed by atoms with Crippen LogP contribution in [0.3, 0.4) is 0 Å². The number of hydrogen-bond acceptors (Lipinski definition) is 5. The van der Waals surface area contributed by atoms with Crippen molar-refractivity contribution in [2.24, 2.45) is 0 Å². The van der Waals surface area contributed by atoms with E-state index in [1.165, 1.54) is 0 Å². The van der Waals surface area contributed by atoms with Crippen LogP contribution in [-0.4, -0.2) is 78.3 Å². The van der Waals surface area contributed by atoms with Gasteiger partial charge in [0.05, 0.1) is 18.8 Å². The van der Waals surface area contributed by atoms with Gasteiger partial charge in [-0.15, -0.1) is 0 Å². The highest BCUT2D eigenvalue weighted by atomic mass is 16.5. The summed E-state index contributed by atoms with van der Waals surface area (Å²) in [6.45, 7) is 6.09. The number of likely N-dealkylation sites (tertiary alicyclic amines) is 1. The van der Waals surface area contributed by atoms with E-state index in [1.54, 1.807) is 12.3 Å². The molecule has 0 aromatic carbocycles. The van der Waals surface area contributed by atoms with Gasteiger partial charge in [0.1, 0.15) is 5.69 Å². The molecule has 1 unspecified atom stereocenters. The molecule has 3 fully saturated rings. The van der Waals surface area contributed by atoms with Gasteiger partial charge in [-0.3, -0.25) is 14.7 Å². The van der Waals surface area contributed by atoms with Crippen molar-refractivity contribution in [3.8, 4) is 0 Å². The van der Waals surface area contributed by atoms with Gasteiger partial charge in [0.2, 0.25) is 0 Å². The first-order chi connectivity index (χ1) is 12.3. The number of aromatic nitrogens is 1. The number of carbonyl (C=O) groups excluding carboxylic acids is 1. The predicted molar refractivity (Wildman–Crippen MR) is 93.5 cm³/mol. The van der Waals surface area contributed by atoms with Gasteiger partial charge in [-0.25, -0.2) is 0 Å². The number of piperidine rings is 1. The number of nitrogens with zero attached hydrogens (tertiary/aromatic N) is 3. The molecule has 0 radical (unpaired) electrons. The number of morpholine rings is 1. The Hall–Kier alpha value is -1.50. The van der Waals surface area contributed by atoms with Gasteiger partial charge in [0, 0.05) is 45.0 Å². The molecule has 25 heavy (non-hydrogen) atoms. The zero-order valence-corrected chi connectivity index (χ0v) is 14.7. The predicted octanol–water partition coefficient (Wildman–Crippen LogP) is 1.57. The fourth-order valence-corrected chi connectivity index (χ4v) is 4.37. The largest absolute Gasteiger partial charge is 0.379 e. The van der Waals surface area contributed by atoms with E-state index in [-0.39, 0.29) is 11.5 Å². The number of rotatable bonds is 2. The molecular formula is C19H27N3O3. The molecule has 0 aliphatic carbocycles. The van der Waals surface area contributed by atoms with Gasteiger partial charge in [-0.05, 0) is 37.8 Å². The minimum absolute atomic E-state index is 0.0380. The highest BCUT2D eigenvalue weighted by molar-refractivity contribution is 5.92. The van der Waals surface area contributed by atoms with Crippen molar-refractivity contribution < 1.29 is 14.3 Å². The Balaban J connectivity index is 1.36. The average Bonchev–Trinajstić information content (AvgIpc) is 2.69. The molecule has 4 heterocycles. The van der Waals surface area contributed by atoms with E-state index in [2.05, 4.69) is 9.88 Å². The van der Waals surface area contributed by atoms with Crippen LogP contribution in [0.5, 0.6) is 0 Å². The minimum atomic E-state index is -0.0535. The molecular weight excluding hydrogens is 318 g/mol. The molecule has 0 bridgehead atoms. The molecule has 6 nitrogen and oxygen atoms in total. The molecule has 3 saturated heterocycles. The number of amides is 1. The Morgan fingerprint density at radius 1 is 1.12 bits per heavy atom. The first-order valence-electron chi connectivity index (χ1n) is 9.42. The van der Waals surface area contributed by atoms with E-state index in [0.29, 0.717) is 11.7 Å². The molecule has 136 valence electrons. The highest BCUT2D eigenvalue weighted by Crippen LogP contribution is 2.37. The van der Waals surface area contributed by atoms with Crippen LogP contribution in [0.4, 0.5) is 0 Å². The van der Waals surface area contributed by atoms with Gasteiger partial charge < -0.3 is 14.4 Å². The molecule has 6 heteroatoms. The van der Waals surface area contributed by atoms with E-state index in [9.17, 15) is 4.79 Å². The lowest BCUT2D eigenvalue weighted by Gasteiger charge is -2.49. The third-order valence-corrected chi connectivity index (χ3v) is 5.87. The SMILES string of the molecule is O=C(c1ccccn1)N1CCC2(CC1)CC(N1CCOCC1)CCO2. The normalized spacial score (nSPS) is 27.4. The average molecular weight is 345 g/mol. The summed E-state index contributed by atoms with van der Waals surface area (Å²) in [5.41, 5.74) is 0.483. The van der Waals surface area contributed by atoms with E-state index < -0.39 is 0 Å². The maximum absolute atomic E-state index is 12.6. The highest BCUT2D eigenvalue weighted by Gasteiger charge is 2.42. The van der Waals surface area contributed by atoms with Crippen molar-refractivity contribution in [1.29, 1.82) is 0 Å². The third kappa shape index (κ3) is 3.71. The molecule has 1 amide bonds. The van der Waals surface area contributed by atoms with Gasteiger partial charge in [0.15, 0.2) is 0 Å².